The molecule has 6 nitrogen and oxygen atoms in total. The Morgan fingerprint density at radius 2 is 1.74 bits per heavy atom. The van der Waals surface area contributed by atoms with Crippen LogP contribution >= 0.6 is 0 Å². The van der Waals surface area contributed by atoms with Crippen LogP contribution in [0.25, 0.3) is 11.0 Å². The molecule has 2 aliphatic rings. The molecule has 1 aromatic carbocycles. The van der Waals surface area contributed by atoms with Gasteiger partial charge in [0.1, 0.15) is 11.3 Å². The number of aromatic nitrogens is 2. The highest BCUT2D eigenvalue weighted by molar-refractivity contribution is 6.05. The normalized spacial score (nSPS) is 17.3. The zero-order chi connectivity index (χ0) is 27.6. The van der Waals surface area contributed by atoms with E-state index in [9.17, 15) is 27.2 Å². The lowest BCUT2D eigenvalue weighted by Crippen LogP contribution is -2.38. The molecule has 0 radical (unpaired) electrons. The number of piperidine rings is 1. The van der Waals surface area contributed by atoms with Crippen molar-refractivity contribution in [2.24, 2.45) is 0 Å². The fraction of sp³-hybridized carbons (Fsp3) is 0.483. The van der Waals surface area contributed by atoms with Crippen LogP contribution in [0.1, 0.15) is 59.5 Å². The van der Waals surface area contributed by atoms with Gasteiger partial charge >= 0.3 is 6.18 Å². The molecule has 208 valence electrons. The van der Waals surface area contributed by atoms with Crippen LogP contribution in [-0.4, -0.2) is 69.9 Å². The lowest BCUT2D eigenvalue weighted by molar-refractivity contribution is -0.171. The molecule has 0 saturated carbocycles. The Kier molecular flexibility index (Phi) is 8.02. The maximum absolute atomic E-state index is 14.7. The number of rotatable bonds is 8. The van der Waals surface area contributed by atoms with Crippen LogP contribution in [0.5, 0.6) is 0 Å². The van der Waals surface area contributed by atoms with E-state index in [0.29, 0.717) is 48.1 Å². The number of alkyl halides is 3. The van der Waals surface area contributed by atoms with Gasteiger partial charge < -0.3 is 14.4 Å². The molecule has 0 spiro atoms. The molecule has 2 aliphatic heterocycles. The minimum atomic E-state index is -4.86. The lowest BCUT2D eigenvalue weighted by atomic mass is 9.87. The largest absolute Gasteiger partial charge is 0.449 e. The SMILES string of the molecule is O=C(c1cn(CCN2CCCC2)c2cccnc12)N1CCC(c2cc(CCC(=O)C(F)(F)F)ccc2F)CC1. The van der Waals surface area contributed by atoms with Crippen LogP contribution in [0, 0.1) is 5.82 Å². The molecule has 5 rings (SSSR count). The van der Waals surface area contributed by atoms with Crippen molar-refractivity contribution in [1.29, 1.82) is 0 Å². The number of carbonyl (C=O) groups excluding carboxylic acids is 2. The number of halogens is 4. The molecule has 1 amide bonds. The van der Waals surface area contributed by atoms with E-state index in [-0.39, 0.29) is 18.2 Å². The molecule has 0 N–H and O–H groups in total. The average molecular weight is 545 g/mol. The molecule has 2 aromatic heterocycles. The molecule has 2 saturated heterocycles. The maximum atomic E-state index is 14.7. The number of Topliss-reactive ketones (excluding diaryl/α,β-unsaturated/α-hetero) is 1. The second-order valence-corrected chi connectivity index (χ2v) is 10.5. The highest BCUT2D eigenvalue weighted by atomic mass is 19.4. The summed E-state index contributed by atoms with van der Waals surface area (Å²) < 4.78 is 54.4. The van der Waals surface area contributed by atoms with Crippen molar-refractivity contribution in [3.05, 3.63) is 65.2 Å². The highest BCUT2D eigenvalue weighted by Crippen LogP contribution is 2.32. The number of fused-ring (bicyclic) bond motifs is 1. The van der Waals surface area contributed by atoms with E-state index in [2.05, 4.69) is 14.5 Å². The molecule has 2 fully saturated rings. The van der Waals surface area contributed by atoms with E-state index in [1.54, 1.807) is 17.2 Å². The van der Waals surface area contributed by atoms with Crippen molar-refractivity contribution in [2.45, 2.75) is 57.2 Å². The van der Waals surface area contributed by atoms with Crippen LogP contribution in [-0.2, 0) is 17.8 Å². The van der Waals surface area contributed by atoms with E-state index < -0.39 is 24.2 Å². The molecule has 0 unspecified atom stereocenters. The van der Waals surface area contributed by atoms with Crippen molar-refractivity contribution in [3.63, 3.8) is 0 Å². The summed E-state index contributed by atoms with van der Waals surface area (Å²) >= 11 is 0. The van der Waals surface area contributed by atoms with Crippen molar-refractivity contribution in [1.82, 2.24) is 19.4 Å². The van der Waals surface area contributed by atoms with Gasteiger partial charge in [-0.3, -0.25) is 14.6 Å². The summed E-state index contributed by atoms with van der Waals surface area (Å²) in [6.07, 6.45) is 1.47. The van der Waals surface area contributed by atoms with E-state index in [0.717, 1.165) is 31.7 Å². The van der Waals surface area contributed by atoms with Gasteiger partial charge in [-0.05, 0) is 80.4 Å². The quantitative estimate of drug-likeness (QED) is 0.359. The fourth-order valence-electron chi connectivity index (χ4n) is 5.74. The molecule has 39 heavy (non-hydrogen) atoms. The molecule has 4 heterocycles. The molecular formula is C29H32F4N4O2. The van der Waals surface area contributed by atoms with Crippen molar-refractivity contribution >= 4 is 22.7 Å². The minimum absolute atomic E-state index is 0.0994. The summed E-state index contributed by atoms with van der Waals surface area (Å²) in [6.45, 7) is 4.79. The van der Waals surface area contributed by atoms with Crippen molar-refractivity contribution in [2.75, 3.05) is 32.7 Å². The number of aryl methyl sites for hydroxylation is 1. The topological polar surface area (TPSA) is 58.4 Å². The first-order chi connectivity index (χ1) is 18.7. The summed E-state index contributed by atoms with van der Waals surface area (Å²) in [7, 11) is 0. The summed E-state index contributed by atoms with van der Waals surface area (Å²) in [6, 6.07) is 8.10. The Morgan fingerprint density at radius 3 is 2.46 bits per heavy atom. The van der Waals surface area contributed by atoms with Gasteiger partial charge in [-0.2, -0.15) is 13.2 Å². The first kappa shape index (κ1) is 27.3. The number of pyridine rings is 1. The summed E-state index contributed by atoms with van der Waals surface area (Å²) in [4.78, 5) is 33.5. The predicted octanol–water partition coefficient (Wildman–Crippen LogP) is 5.36. The van der Waals surface area contributed by atoms with Gasteiger partial charge in [-0.1, -0.05) is 12.1 Å². The monoisotopic (exact) mass is 544 g/mol. The number of benzene rings is 1. The van der Waals surface area contributed by atoms with Gasteiger partial charge in [0.25, 0.3) is 5.91 Å². The zero-order valence-corrected chi connectivity index (χ0v) is 21.7. The third-order valence-corrected chi connectivity index (χ3v) is 7.96. The first-order valence-corrected chi connectivity index (χ1v) is 13.5. The van der Waals surface area contributed by atoms with Crippen LogP contribution in [0.3, 0.4) is 0 Å². The first-order valence-electron chi connectivity index (χ1n) is 13.5. The molecule has 10 heteroatoms. The molecular weight excluding hydrogens is 512 g/mol. The third-order valence-electron chi connectivity index (χ3n) is 7.96. The number of hydrogen-bond donors (Lipinski definition) is 0. The van der Waals surface area contributed by atoms with Crippen molar-refractivity contribution in [3.8, 4) is 0 Å². The van der Waals surface area contributed by atoms with Crippen molar-refractivity contribution < 1.29 is 27.2 Å². The predicted molar refractivity (Wildman–Crippen MR) is 139 cm³/mol. The number of hydrogen-bond acceptors (Lipinski definition) is 4. The van der Waals surface area contributed by atoms with E-state index in [1.165, 1.54) is 25.0 Å². The number of amides is 1. The highest BCUT2D eigenvalue weighted by Gasteiger charge is 2.37. The van der Waals surface area contributed by atoms with Crippen LogP contribution in [0.4, 0.5) is 17.6 Å². The van der Waals surface area contributed by atoms with Crippen LogP contribution in [0.2, 0.25) is 0 Å². The fourth-order valence-corrected chi connectivity index (χ4v) is 5.74. The molecule has 3 aromatic rings. The number of likely N-dealkylation sites (tertiary alicyclic amines) is 2. The maximum Gasteiger partial charge on any atom is 0.449 e. The summed E-state index contributed by atoms with van der Waals surface area (Å²) in [5.74, 6) is -2.47. The van der Waals surface area contributed by atoms with Gasteiger partial charge in [0, 0.05) is 45.0 Å². The molecule has 0 bridgehead atoms. The van der Waals surface area contributed by atoms with E-state index in [4.69, 9.17) is 0 Å². The number of nitrogens with zero attached hydrogens (tertiary/aromatic N) is 4. The van der Waals surface area contributed by atoms with Crippen LogP contribution < -0.4 is 0 Å². The minimum Gasteiger partial charge on any atom is -0.344 e. The Morgan fingerprint density at radius 1 is 1.00 bits per heavy atom. The Labute approximate surface area is 224 Å². The van der Waals surface area contributed by atoms with Gasteiger partial charge in [-0.25, -0.2) is 4.39 Å². The Hall–Kier alpha value is -3.27. The second kappa shape index (κ2) is 11.5. The van der Waals surface area contributed by atoms with E-state index >= 15 is 0 Å². The number of ketones is 1. The Bertz CT molecular complexity index is 1340. The van der Waals surface area contributed by atoms with Gasteiger partial charge in [0.15, 0.2) is 0 Å². The average Bonchev–Trinajstić information content (AvgIpc) is 3.58. The molecule has 0 aliphatic carbocycles. The van der Waals surface area contributed by atoms with Gasteiger partial charge in [0.2, 0.25) is 5.78 Å². The standard InChI is InChI=1S/C29H32F4N4O2/c30-24-7-5-20(6-8-26(38)29(31,32)33)18-22(24)21-9-14-36(15-10-21)28(39)23-19-37(17-16-35-12-1-2-13-35)25-4-3-11-34-27(23)25/h3-5,7,11,18-19,21H,1-2,6,8-10,12-17H2. The second-order valence-electron chi connectivity index (χ2n) is 10.5. The zero-order valence-electron chi connectivity index (χ0n) is 21.7. The number of carbonyl (C=O) groups is 2. The third kappa shape index (κ3) is 6.16. The summed E-state index contributed by atoms with van der Waals surface area (Å²) in [5, 5.41) is 0. The molecule has 0 atom stereocenters. The van der Waals surface area contributed by atoms with Crippen LogP contribution in [0.15, 0.2) is 42.7 Å². The van der Waals surface area contributed by atoms with E-state index in [1.807, 2.05) is 18.3 Å². The van der Waals surface area contributed by atoms with Gasteiger partial charge in [-0.15, -0.1) is 0 Å². The summed E-state index contributed by atoms with van der Waals surface area (Å²) in [5.41, 5.74) is 3.10. The smallest absolute Gasteiger partial charge is 0.344 e. The Balaban J connectivity index is 1.24. The lowest BCUT2D eigenvalue weighted by Gasteiger charge is -2.32. The van der Waals surface area contributed by atoms with Gasteiger partial charge in [0.05, 0.1) is 11.1 Å².